The van der Waals surface area contributed by atoms with Crippen LogP contribution in [0.25, 0.3) is 0 Å². The van der Waals surface area contributed by atoms with E-state index in [1.165, 1.54) is 24.6 Å². The van der Waals surface area contributed by atoms with Crippen molar-refractivity contribution in [1.82, 2.24) is 10.2 Å². The van der Waals surface area contributed by atoms with E-state index in [9.17, 15) is 0 Å². The Morgan fingerprint density at radius 3 is 2.93 bits per heavy atom. The Labute approximate surface area is 95.7 Å². The first-order valence-electron chi connectivity index (χ1n) is 5.54. The molecule has 1 aromatic heterocycles. The molecular weight excluding hydrogens is 206 g/mol. The summed E-state index contributed by atoms with van der Waals surface area (Å²) in [5.74, 6) is 0. The lowest BCUT2D eigenvalue weighted by Gasteiger charge is -2.29. The summed E-state index contributed by atoms with van der Waals surface area (Å²) in [6, 6.07) is 4.30. The Morgan fingerprint density at radius 1 is 1.47 bits per heavy atom. The van der Waals surface area contributed by atoms with Crippen molar-refractivity contribution in [1.29, 1.82) is 0 Å². The van der Waals surface area contributed by atoms with E-state index < -0.39 is 0 Å². The Bertz CT molecular complexity index is 267. The van der Waals surface area contributed by atoms with Gasteiger partial charge < -0.3 is 10.2 Å². The van der Waals surface area contributed by atoms with Crippen LogP contribution in [0, 0.1) is 0 Å². The summed E-state index contributed by atoms with van der Waals surface area (Å²) in [4.78, 5) is 4.87. The van der Waals surface area contributed by atoms with E-state index in [2.05, 4.69) is 39.7 Å². The van der Waals surface area contributed by atoms with E-state index in [1.807, 2.05) is 11.3 Å². The molecule has 1 N–H and O–H groups in total. The molecule has 3 nitrogen and oxygen atoms in total. The van der Waals surface area contributed by atoms with Gasteiger partial charge in [0, 0.05) is 46.3 Å². The van der Waals surface area contributed by atoms with Gasteiger partial charge >= 0.3 is 0 Å². The van der Waals surface area contributed by atoms with Gasteiger partial charge in [0.05, 0.1) is 5.00 Å². The van der Waals surface area contributed by atoms with Gasteiger partial charge in [0.15, 0.2) is 0 Å². The molecule has 0 saturated carbocycles. The van der Waals surface area contributed by atoms with Crippen LogP contribution in [0.1, 0.15) is 0 Å². The highest BCUT2D eigenvalue weighted by molar-refractivity contribution is 7.14. The second-order valence-corrected chi connectivity index (χ2v) is 4.89. The molecule has 2 heterocycles. The number of hydrogen-bond acceptors (Lipinski definition) is 4. The van der Waals surface area contributed by atoms with E-state index in [-0.39, 0.29) is 0 Å². The molecular formula is C11H19N3S. The van der Waals surface area contributed by atoms with Gasteiger partial charge in [-0.2, -0.15) is 0 Å². The minimum Gasteiger partial charge on any atom is -0.365 e. The van der Waals surface area contributed by atoms with Crippen LogP contribution in [0.5, 0.6) is 0 Å². The number of anilines is 1. The summed E-state index contributed by atoms with van der Waals surface area (Å²) in [7, 11) is 2.17. The van der Waals surface area contributed by atoms with Crippen molar-refractivity contribution >= 4 is 16.3 Å². The average Bonchev–Trinajstić information content (AvgIpc) is 2.81. The fourth-order valence-electron chi connectivity index (χ4n) is 1.82. The zero-order valence-electron chi connectivity index (χ0n) is 9.28. The van der Waals surface area contributed by atoms with Crippen LogP contribution in [-0.2, 0) is 0 Å². The van der Waals surface area contributed by atoms with Crippen molar-refractivity contribution in [2.45, 2.75) is 0 Å². The van der Waals surface area contributed by atoms with E-state index >= 15 is 0 Å². The lowest BCUT2D eigenvalue weighted by molar-refractivity contribution is 0.246. The van der Waals surface area contributed by atoms with Crippen LogP contribution < -0.4 is 10.2 Å². The second kappa shape index (κ2) is 5.49. The van der Waals surface area contributed by atoms with Crippen LogP contribution in [0.4, 0.5) is 5.00 Å². The SMILES string of the molecule is CN(CCN1CCNCC1)c1cccs1. The largest absolute Gasteiger partial charge is 0.365 e. The molecule has 0 bridgehead atoms. The molecule has 1 aliphatic rings. The number of rotatable bonds is 4. The third-order valence-electron chi connectivity index (χ3n) is 2.84. The fraction of sp³-hybridized carbons (Fsp3) is 0.636. The maximum Gasteiger partial charge on any atom is 0.0906 e. The molecule has 1 aliphatic heterocycles. The van der Waals surface area contributed by atoms with Gasteiger partial charge in [0.2, 0.25) is 0 Å². The summed E-state index contributed by atoms with van der Waals surface area (Å²) < 4.78 is 0. The van der Waals surface area contributed by atoms with E-state index in [0.29, 0.717) is 0 Å². The van der Waals surface area contributed by atoms with Gasteiger partial charge in [0.1, 0.15) is 0 Å². The number of nitrogens with zero attached hydrogens (tertiary/aromatic N) is 2. The highest BCUT2D eigenvalue weighted by atomic mass is 32.1. The maximum atomic E-state index is 3.38. The minimum absolute atomic E-state index is 1.13. The van der Waals surface area contributed by atoms with Crippen molar-refractivity contribution in [2.24, 2.45) is 0 Å². The summed E-state index contributed by atoms with van der Waals surface area (Å²) in [6.07, 6.45) is 0. The fourth-order valence-corrected chi connectivity index (χ4v) is 2.55. The van der Waals surface area contributed by atoms with Crippen LogP contribution in [0.3, 0.4) is 0 Å². The topological polar surface area (TPSA) is 18.5 Å². The van der Waals surface area contributed by atoms with E-state index in [1.54, 1.807) is 0 Å². The number of likely N-dealkylation sites (N-methyl/N-ethyl adjacent to an activating group) is 1. The molecule has 1 aromatic rings. The molecule has 4 heteroatoms. The Morgan fingerprint density at radius 2 is 2.27 bits per heavy atom. The van der Waals surface area contributed by atoms with Crippen LogP contribution in [-0.4, -0.2) is 51.2 Å². The van der Waals surface area contributed by atoms with Crippen LogP contribution in [0.15, 0.2) is 17.5 Å². The summed E-state index contributed by atoms with van der Waals surface area (Å²) in [6.45, 7) is 6.97. The van der Waals surface area contributed by atoms with E-state index in [0.717, 1.165) is 19.6 Å². The molecule has 2 rings (SSSR count). The molecule has 0 radical (unpaired) electrons. The molecule has 1 fully saturated rings. The highest BCUT2D eigenvalue weighted by Crippen LogP contribution is 2.19. The smallest absolute Gasteiger partial charge is 0.0906 e. The monoisotopic (exact) mass is 225 g/mol. The normalized spacial score (nSPS) is 17.9. The van der Waals surface area contributed by atoms with Gasteiger partial charge in [-0.05, 0) is 17.5 Å². The molecule has 0 unspecified atom stereocenters. The lowest BCUT2D eigenvalue weighted by atomic mass is 10.3. The molecule has 0 spiro atoms. The maximum absolute atomic E-state index is 3.38. The zero-order chi connectivity index (χ0) is 10.5. The van der Waals surface area contributed by atoms with Gasteiger partial charge in [-0.25, -0.2) is 0 Å². The van der Waals surface area contributed by atoms with Crippen LogP contribution in [0.2, 0.25) is 0 Å². The number of thiophene rings is 1. The predicted octanol–water partition coefficient (Wildman–Crippen LogP) is 1.09. The first kappa shape index (κ1) is 10.9. The molecule has 0 atom stereocenters. The van der Waals surface area contributed by atoms with Crippen molar-refractivity contribution in [3.05, 3.63) is 17.5 Å². The molecule has 1 saturated heterocycles. The summed E-state index contributed by atoms with van der Waals surface area (Å²) >= 11 is 1.81. The van der Waals surface area contributed by atoms with Crippen molar-refractivity contribution in [3.8, 4) is 0 Å². The van der Waals surface area contributed by atoms with Gasteiger partial charge in [-0.3, -0.25) is 4.90 Å². The Kier molecular flexibility index (Phi) is 4.00. The van der Waals surface area contributed by atoms with Crippen LogP contribution >= 0.6 is 11.3 Å². The molecule has 0 aromatic carbocycles. The summed E-state index contributed by atoms with van der Waals surface area (Å²) in [5.41, 5.74) is 0. The molecule has 84 valence electrons. The van der Waals surface area contributed by atoms with Crippen molar-refractivity contribution in [3.63, 3.8) is 0 Å². The van der Waals surface area contributed by atoms with Crippen molar-refractivity contribution in [2.75, 3.05) is 51.2 Å². The Hall–Kier alpha value is -0.580. The first-order chi connectivity index (χ1) is 7.36. The first-order valence-corrected chi connectivity index (χ1v) is 6.42. The predicted molar refractivity (Wildman–Crippen MR) is 66.9 cm³/mol. The van der Waals surface area contributed by atoms with Crippen molar-refractivity contribution < 1.29 is 0 Å². The number of hydrogen-bond donors (Lipinski definition) is 1. The minimum atomic E-state index is 1.13. The number of nitrogens with one attached hydrogen (secondary N) is 1. The molecule has 0 aliphatic carbocycles. The lowest BCUT2D eigenvalue weighted by Crippen LogP contribution is -2.45. The summed E-state index contributed by atoms with van der Waals surface area (Å²) in [5, 5.41) is 6.88. The van der Waals surface area contributed by atoms with Gasteiger partial charge in [-0.15, -0.1) is 11.3 Å². The Balaban J connectivity index is 1.73. The standard InChI is InChI=1S/C11H19N3S/c1-13(11-3-2-10-15-11)8-9-14-6-4-12-5-7-14/h2-3,10,12H,4-9H2,1H3. The zero-order valence-corrected chi connectivity index (χ0v) is 10.1. The van der Waals surface area contributed by atoms with Gasteiger partial charge in [0.25, 0.3) is 0 Å². The third kappa shape index (κ3) is 3.19. The molecule has 0 amide bonds. The average molecular weight is 225 g/mol. The molecule has 15 heavy (non-hydrogen) atoms. The highest BCUT2D eigenvalue weighted by Gasteiger charge is 2.10. The second-order valence-electron chi connectivity index (χ2n) is 3.96. The van der Waals surface area contributed by atoms with Gasteiger partial charge in [-0.1, -0.05) is 0 Å². The van der Waals surface area contributed by atoms with E-state index in [4.69, 9.17) is 0 Å². The quantitative estimate of drug-likeness (QED) is 0.827. The third-order valence-corrected chi connectivity index (χ3v) is 3.83. The number of piperazine rings is 1.